The summed E-state index contributed by atoms with van der Waals surface area (Å²) < 4.78 is 5.85. The van der Waals surface area contributed by atoms with E-state index in [9.17, 15) is 0 Å². The minimum atomic E-state index is -1.16. The maximum atomic E-state index is 5.85. The second kappa shape index (κ2) is 4.84. The third kappa shape index (κ3) is 3.38. The average molecular weight is 226 g/mol. The molecule has 0 spiro atoms. The highest BCUT2D eigenvalue weighted by molar-refractivity contribution is 7.55. The van der Waals surface area contributed by atoms with Gasteiger partial charge < -0.3 is 4.74 Å². The lowest BCUT2D eigenvalue weighted by Gasteiger charge is -2.29. The molecule has 0 fully saturated rings. The Hall–Kier alpha value is -0.760. The first-order valence-electron chi connectivity index (χ1n) is 4.87. The van der Waals surface area contributed by atoms with Gasteiger partial charge in [-0.05, 0) is 40.6 Å². The topological polar surface area (TPSA) is 47.3 Å². The van der Waals surface area contributed by atoms with Crippen LogP contribution in [0.5, 0.6) is 5.75 Å². The van der Waals surface area contributed by atoms with Crippen molar-refractivity contribution in [2.75, 3.05) is 0 Å². The van der Waals surface area contributed by atoms with Gasteiger partial charge in [0.25, 0.3) is 0 Å². The molecular weight excluding hydrogens is 207 g/mol. The lowest BCUT2D eigenvalue weighted by molar-refractivity contribution is 0.201. The summed E-state index contributed by atoms with van der Waals surface area (Å²) in [6.45, 7) is 6.04. The van der Waals surface area contributed by atoms with Gasteiger partial charge in [0.2, 0.25) is 0 Å². The van der Waals surface area contributed by atoms with Crippen molar-refractivity contribution in [3.05, 3.63) is 29.8 Å². The number of benzene rings is 1. The van der Waals surface area contributed by atoms with Gasteiger partial charge in [0.1, 0.15) is 11.1 Å². The van der Waals surface area contributed by atoms with E-state index in [0.29, 0.717) is 0 Å². The van der Waals surface area contributed by atoms with E-state index in [2.05, 4.69) is 11.5 Å². The normalized spacial score (nSPS) is 13.6. The van der Waals surface area contributed by atoms with Gasteiger partial charge in [0.05, 0.1) is 0 Å². The van der Waals surface area contributed by atoms with Crippen molar-refractivity contribution in [3.8, 4) is 5.75 Å². The monoisotopic (exact) mass is 226 g/mol. The molecule has 0 aliphatic heterocycles. The standard InChI is InChI=1S/C11H19N2OP/c1-9-5-7-10(8-6-9)14-11(2,3)15(4)13-12/h5-8,13,15H,4,12H2,1-3H3. The molecule has 1 unspecified atom stereocenters. The van der Waals surface area contributed by atoms with Crippen LogP contribution in [0.25, 0.3) is 0 Å². The average Bonchev–Trinajstić information content (AvgIpc) is 2.20. The summed E-state index contributed by atoms with van der Waals surface area (Å²) in [6, 6.07) is 7.97. The van der Waals surface area contributed by atoms with Crippen LogP contribution in [0.4, 0.5) is 0 Å². The Kier molecular flexibility index (Phi) is 3.97. The van der Waals surface area contributed by atoms with Gasteiger partial charge in [0, 0.05) is 0 Å². The predicted octanol–water partition coefficient (Wildman–Crippen LogP) is 2.13. The SMILES string of the molecule is C=[PH](NN)C(C)(C)Oc1ccc(C)cc1. The van der Waals surface area contributed by atoms with Crippen LogP contribution in [0.1, 0.15) is 19.4 Å². The van der Waals surface area contributed by atoms with Crippen molar-refractivity contribution >= 4 is 14.0 Å². The Morgan fingerprint density at radius 1 is 1.33 bits per heavy atom. The van der Waals surface area contributed by atoms with Gasteiger partial charge in [-0.3, -0.25) is 5.84 Å². The predicted molar refractivity (Wildman–Crippen MR) is 68.6 cm³/mol. The number of rotatable bonds is 4. The van der Waals surface area contributed by atoms with Crippen LogP contribution >= 0.6 is 7.70 Å². The van der Waals surface area contributed by atoms with Crippen LogP contribution in [-0.4, -0.2) is 11.6 Å². The summed E-state index contributed by atoms with van der Waals surface area (Å²) in [5.74, 6) is 6.24. The Labute approximate surface area is 92.0 Å². The smallest absolute Gasteiger partial charge is 0.132 e. The number of nitrogens with one attached hydrogen (secondary N) is 1. The Balaban J connectivity index is 2.77. The van der Waals surface area contributed by atoms with Gasteiger partial charge >= 0.3 is 0 Å². The third-order valence-corrected chi connectivity index (χ3v) is 4.20. The van der Waals surface area contributed by atoms with E-state index in [1.165, 1.54) is 5.56 Å². The summed E-state index contributed by atoms with van der Waals surface area (Å²) in [6.07, 6.45) is 3.98. The molecular formula is C11H19N2OP. The van der Waals surface area contributed by atoms with E-state index < -0.39 is 7.70 Å². The van der Waals surface area contributed by atoms with Crippen LogP contribution in [0, 0.1) is 6.92 Å². The summed E-state index contributed by atoms with van der Waals surface area (Å²) in [7, 11) is -1.16. The summed E-state index contributed by atoms with van der Waals surface area (Å²) in [4.78, 5) is 0. The molecule has 3 nitrogen and oxygen atoms in total. The third-order valence-electron chi connectivity index (χ3n) is 2.29. The fraction of sp³-hybridized carbons (Fsp3) is 0.364. The van der Waals surface area contributed by atoms with Crippen LogP contribution < -0.4 is 15.8 Å². The number of aryl methyl sites for hydroxylation is 1. The van der Waals surface area contributed by atoms with E-state index in [4.69, 9.17) is 10.6 Å². The van der Waals surface area contributed by atoms with Gasteiger partial charge in [-0.25, -0.2) is 5.20 Å². The molecule has 0 saturated heterocycles. The molecule has 0 saturated carbocycles. The Bertz CT molecular complexity index is 346. The first kappa shape index (κ1) is 12.3. The molecule has 0 aliphatic rings. The van der Waals surface area contributed by atoms with Gasteiger partial charge in [-0.2, -0.15) is 0 Å². The maximum Gasteiger partial charge on any atom is 0.132 e. The quantitative estimate of drug-likeness (QED) is 0.469. The summed E-state index contributed by atoms with van der Waals surface area (Å²) in [5.41, 5.74) is 1.22. The fourth-order valence-electron chi connectivity index (χ4n) is 1.14. The number of hydrogen-bond donors (Lipinski definition) is 2. The van der Waals surface area contributed by atoms with Crippen molar-refractivity contribution < 1.29 is 4.74 Å². The molecule has 0 bridgehead atoms. The minimum Gasteiger partial charge on any atom is -0.482 e. The second-order valence-corrected chi connectivity index (χ2v) is 6.50. The highest BCUT2D eigenvalue weighted by atomic mass is 31.1. The maximum absolute atomic E-state index is 5.85. The highest BCUT2D eigenvalue weighted by Crippen LogP contribution is 2.35. The molecule has 0 aromatic heterocycles. The largest absolute Gasteiger partial charge is 0.482 e. The van der Waals surface area contributed by atoms with E-state index in [0.717, 1.165) is 5.75 Å². The molecule has 15 heavy (non-hydrogen) atoms. The minimum absolute atomic E-state index is 0.339. The van der Waals surface area contributed by atoms with Crippen LogP contribution in [0.3, 0.4) is 0 Å². The van der Waals surface area contributed by atoms with Gasteiger partial charge in [0.15, 0.2) is 0 Å². The van der Waals surface area contributed by atoms with Gasteiger partial charge in [-0.15, -0.1) is 0 Å². The molecule has 1 aromatic rings. The molecule has 1 rings (SSSR count). The second-order valence-electron chi connectivity index (χ2n) is 4.05. The van der Waals surface area contributed by atoms with Crippen molar-refractivity contribution in [1.82, 2.24) is 5.20 Å². The van der Waals surface area contributed by atoms with Crippen molar-refractivity contribution in [1.29, 1.82) is 0 Å². The zero-order chi connectivity index (χ0) is 11.5. The van der Waals surface area contributed by atoms with Crippen molar-refractivity contribution in [2.24, 2.45) is 5.84 Å². The number of nitrogens with two attached hydrogens (primary N) is 1. The number of hydrazine groups is 1. The molecule has 4 heteroatoms. The van der Waals surface area contributed by atoms with E-state index in [-0.39, 0.29) is 5.34 Å². The molecule has 0 aliphatic carbocycles. The van der Waals surface area contributed by atoms with Crippen LogP contribution in [0.15, 0.2) is 24.3 Å². The van der Waals surface area contributed by atoms with E-state index >= 15 is 0 Å². The fourth-order valence-corrected chi connectivity index (χ4v) is 1.72. The van der Waals surface area contributed by atoms with E-state index in [1.807, 2.05) is 45.0 Å². The molecule has 84 valence electrons. The van der Waals surface area contributed by atoms with Crippen LogP contribution in [-0.2, 0) is 0 Å². The molecule has 0 radical (unpaired) electrons. The molecule has 3 N–H and O–H groups in total. The Morgan fingerprint density at radius 2 is 1.87 bits per heavy atom. The number of hydrogen-bond acceptors (Lipinski definition) is 3. The van der Waals surface area contributed by atoms with Crippen molar-refractivity contribution in [2.45, 2.75) is 26.1 Å². The highest BCUT2D eigenvalue weighted by Gasteiger charge is 2.21. The zero-order valence-corrected chi connectivity index (χ0v) is 10.5. The van der Waals surface area contributed by atoms with E-state index in [1.54, 1.807) is 0 Å². The summed E-state index contributed by atoms with van der Waals surface area (Å²) >= 11 is 0. The Morgan fingerprint density at radius 3 is 2.33 bits per heavy atom. The molecule has 0 heterocycles. The molecule has 1 aromatic carbocycles. The molecule has 1 atom stereocenters. The lowest BCUT2D eigenvalue weighted by atomic mass is 10.2. The van der Waals surface area contributed by atoms with Crippen LogP contribution in [0.2, 0.25) is 0 Å². The lowest BCUT2D eigenvalue weighted by Crippen LogP contribution is -2.30. The summed E-state index contributed by atoms with van der Waals surface area (Å²) in [5, 5.41) is 2.36. The first-order chi connectivity index (χ1) is 6.95. The zero-order valence-electron chi connectivity index (χ0n) is 9.50. The van der Waals surface area contributed by atoms with Gasteiger partial charge in [-0.1, -0.05) is 24.0 Å². The van der Waals surface area contributed by atoms with Crippen molar-refractivity contribution in [3.63, 3.8) is 0 Å². The first-order valence-corrected chi connectivity index (χ1v) is 6.58. The molecule has 0 amide bonds. The number of ether oxygens (including phenoxy) is 1.